The first-order valence-electron chi connectivity index (χ1n) is 8.60. The molecule has 0 aliphatic carbocycles. The second kappa shape index (κ2) is 8.19. The molecule has 9 nitrogen and oxygen atoms in total. The third kappa shape index (κ3) is 4.83. The molecule has 11 heteroatoms. The normalized spacial score (nSPS) is 24.6. The van der Waals surface area contributed by atoms with Crippen LogP contribution < -0.4 is 0 Å². The Morgan fingerprint density at radius 1 is 1.20 bits per heavy atom. The number of sulfone groups is 1. The quantitative estimate of drug-likeness (QED) is 0.620. The van der Waals surface area contributed by atoms with Crippen LogP contribution in [0.1, 0.15) is 26.7 Å². The van der Waals surface area contributed by atoms with Gasteiger partial charge < -0.3 is 9.64 Å². The van der Waals surface area contributed by atoms with E-state index >= 15 is 0 Å². The Morgan fingerprint density at radius 3 is 2.32 bits per heavy atom. The summed E-state index contributed by atoms with van der Waals surface area (Å²) in [5, 5.41) is 0. The van der Waals surface area contributed by atoms with Gasteiger partial charge in [0.15, 0.2) is 9.84 Å². The number of hydrogen-bond donors (Lipinski definition) is 0. The molecule has 146 valence electrons. The van der Waals surface area contributed by atoms with Crippen LogP contribution in [0.3, 0.4) is 0 Å². The largest absolute Gasteiger partial charge is 0.450 e. The van der Waals surface area contributed by atoms with Gasteiger partial charge >= 0.3 is 6.09 Å². The van der Waals surface area contributed by atoms with E-state index in [0.29, 0.717) is 19.4 Å². The second-order valence-corrected chi connectivity index (χ2v) is 10.4. The molecule has 2 aliphatic rings. The summed E-state index contributed by atoms with van der Waals surface area (Å²) in [4.78, 5) is 13.2. The maximum Gasteiger partial charge on any atom is 0.409 e. The lowest BCUT2D eigenvalue weighted by molar-refractivity contribution is 0.0921. The topological polar surface area (TPSA) is 104 Å². The first-order chi connectivity index (χ1) is 11.7. The van der Waals surface area contributed by atoms with E-state index in [1.807, 2.05) is 6.92 Å². The highest BCUT2D eigenvalue weighted by molar-refractivity contribution is 7.91. The zero-order chi connectivity index (χ0) is 18.7. The van der Waals surface area contributed by atoms with Crippen LogP contribution in [0.4, 0.5) is 4.79 Å². The minimum Gasteiger partial charge on any atom is -0.450 e. The van der Waals surface area contributed by atoms with Crippen LogP contribution in [0, 0.1) is 0 Å². The number of carbonyl (C=O) groups excluding carboxylic acids is 1. The van der Waals surface area contributed by atoms with Crippen LogP contribution in [0.2, 0.25) is 0 Å². The van der Waals surface area contributed by atoms with Crippen LogP contribution >= 0.6 is 0 Å². The van der Waals surface area contributed by atoms with Gasteiger partial charge in [-0.1, -0.05) is 6.92 Å². The van der Waals surface area contributed by atoms with E-state index in [-0.39, 0.29) is 44.3 Å². The minimum atomic E-state index is -3.76. The summed E-state index contributed by atoms with van der Waals surface area (Å²) in [6.45, 7) is 5.05. The van der Waals surface area contributed by atoms with Crippen molar-refractivity contribution in [1.29, 1.82) is 0 Å². The average Bonchev–Trinajstić information content (AvgIpc) is 2.92. The lowest BCUT2D eigenvalue weighted by Gasteiger charge is -2.37. The highest BCUT2D eigenvalue weighted by Gasteiger charge is 2.41. The average molecular weight is 398 g/mol. The molecule has 2 aliphatic heterocycles. The second-order valence-electron chi connectivity index (χ2n) is 6.26. The van der Waals surface area contributed by atoms with Crippen LogP contribution in [-0.2, 0) is 24.8 Å². The molecule has 0 N–H and O–H groups in total. The Hall–Kier alpha value is -0.910. The van der Waals surface area contributed by atoms with E-state index in [2.05, 4.69) is 0 Å². The standard InChI is InChI=1S/C14H27N3O6S2/c1-3-6-17(13-5-11-24(19,20)12-13)25(21,22)16-9-7-15(8-10-16)14(18)23-4-2/h13H,3-12H2,1-2H3. The van der Waals surface area contributed by atoms with Crippen LogP contribution in [-0.4, -0.2) is 93.3 Å². The molecule has 2 fully saturated rings. The van der Waals surface area contributed by atoms with Crippen molar-refractivity contribution >= 4 is 26.1 Å². The summed E-state index contributed by atoms with van der Waals surface area (Å²) in [6, 6.07) is -0.502. The molecule has 1 atom stereocenters. The number of carbonyl (C=O) groups is 1. The van der Waals surface area contributed by atoms with Crippen LogP contribution in [0.5, 0.6) is 0 Å². The number of piperazine rings is 1. The van der Waals surface area contributed by atoms with Crippen molar-refractivity contribution in [3.63, 3.8) is 0 Å². The van der Waals surface area contributed by atoms with Crippen LogP contribution in [0.15, 0.2) is 0 Å². The summed E-state index contributed by atoms with van der Waals surface area (Å²) in [7, 11) is -6.93. The van der Waals surface area contributed by atoms with Gasteiger partial charge in [0.1, 0.15) is 0 Å². The molecule has 0 aromatic rings. The van der Waals surface area contributed by atoms with Gasteiger partial charge in [-0.25, -0.2) is 13.2 Å². The number of amides is 1. The Morgan fingerprint density at radius 2 is 1.84 bits per heavy atom. The molecule has 2 rings (SSSR count). The van der Waals surface area contributed by atoms with Gasteiger partial charge in [-0.15, -0.1) is 0 Å². The lowest BCUT2D eigenvalue weighted by atomic mass is 10.2. The van der Waals surface area contributed by atoms with Crippen LogP contribution in [0.25, 0.3) is 0 Å². The fourth-order valence-electron chi connectivity index (χ4n) is 3.17. The van der Waals surface area contributed by atoms with Gasteiger partial charge in [0.25, 0.3) is 10.2 Å². The third-order valence-electron chi connectivity index (χ3n) is 4.45. The maximum atomic E-state index is 13.0. The van der Waals surface area contributed by atoms with Gasteiger partial charge in [-0.05, 0) is 19.8 Å². The SMILES string of the molecule is CCCN(C1CCS(=O)(=O)C1)S(=O)(=O)N1CCN(C(=O)OCC)CC1. The highest BCUT2D eigenvalue weighted by atomic mass is 32.2. The van der Waals surface area contributed by atoms with E-state index in [1.54, 1.807) is 6.92 Å². The summed E-state index contributed by atoms with van der Waals surface area (Å²) in [5.41, 5.74) is 0. The van der Waals surface area contributed by atoms with Gasteiger partial charge in [0.2, 0.25) is 0 Å². The van der Waals surface area contributed by atoms with Crippen molar-refractivity contribution in [1.82, 2.24) is 13.5 Å². The van der Waals surface area contributed by atoms with E-state index in [9.17, 15) is 21.6 Å². The molecule has 25 heavy (non-hydrogen) atoms. The fraction of sp³-hybridized carbons (Fsp3) is 0.929. The monoisotopic (exact) mass is 397 g/mol. The minimum absolute atomic E-state index is 0.0318. The first-order valence-corrected chi connectivity index (χ1v) is 11.8. The Kier molecular flexibility index (Phi) is 6.68. The molecule has 2 saturated heterocycles. The smallest absolute Gasteiger partial charge is 0.409 e. The molecule has 2 heterocycles. The van der Waals surface area contributed by atoms with Crippen molar-refractivity contribution < 1.29 is 26.4 Å². The van der Waals surface area contributed by atoms with E-state index in [1.165, 1.54) is 13.5 Å². The number of ether oxygens (including phenoxy) is 1. The molecule has 1 amide bonds. The van der Waals surface area contributed by atoms with Gasteiger partial charge in [0.05, 0.1) is 18.1 Å². The number of rotatable bonds is 6. The van der Waals surface area contributed by atoms with E-state index in [0.717, 1.165) is 0 Å². The number of hydrogen-bond acceptors (Lipinski definition) is 6. The molecule has 0 radical (unpaired) electrons. The summed E-state index contributed by atoms with van der Waals surface area (Å²) >= 11 is 0. The molecular weight excluding hydrogens is 370 g/mol. The van der Waals surface area contributed by atoms with Crippen molar-refractivity contribution in [3.05, 3.63) is 0 Å². The predicted molar refractivity (Wildman–Crippen MR) is 93.1 cm³/mol. The molecule has 0 saturated carbocycles. The maximum absolute atomic E-state index is 13.0. The van der Waals surface area contributed by atoms with Crippen molar-refractivity contribution in [3.8, 4) is 0 Å². The van der Waals surface area contributed by atoms with Gasteiger partial charge in [0, 0.05) is 38.8 Å². The molecule has 0 aromatic heterocycles. The summed E-state index contributed by atoms with van der Waals surface area (Å²) in [6.07, 6.45) is 0.509. The zero-order valence-corrected chi connectivity index (χ0v) is 16.4. The van der Waals surface area contributed by atoms with Gasteiger partial charge in [-0.3, -0.25) is 0 Å². The molecule has 1 unspecified atom stereocenters. The van der Waals surface area contributed by atoms with E-state index < -0.39 is 32.2 Å². The van der Waals surface area contributed by atoms with Crippen molar-refractivity contribution in [2.24, 2.45) is 0 Å². The van der Waals surface area contributed by atoms with Crippen molar-refractivity contribution in [2.75, 3.05) is 50.8 Å². The Labute approximate surface area is 150 Å². The Bertz CT molecular complexity index is 671. The molecule has 0 bridgehead atoms. The Balaban J connectivity index is 2.07. The molecular formula is C14H27N3O6S2. The predicted octanol–water partition coefficient (Wildman–Crippen LogP) is -0.0956. The summed E-state index contributed by atoms with van der Waals surface area (Å²) < 4.78 is 57.1. The summed E-state index contributed by atoms with van der Waals surface area (Å²) in [5.74, 6) is -0.0843. The highest BCUT2D eigenvalue weighted by Crippen LogP contribution is 2.23. The molecule has 0 spiro atoms. The number of nitrogens with zero attached hydrogens (tertiary/aromatic N) is 3. The zero-order valence-electron chi connectivity index (χ0n) is 14.8. The van der Waals surface area contributed by atoms with Gasteiger partial charge in [-0.2, -0.15) is 17.0 Å². The van der Waals surface area contributed by atoms with Crippen molar-refractivity contribution in [2.45, 2.75) is 32.7 Å². The third-order valence-corrected chi connectivity index (χ3v) is 8.29. The lowest BCUT2D eigenvalue weighted by Crippen LogP contribution is -2.56. The van der Waals surface area contributed by atoms with E-state index in [4.69, 9.17) is 4.74 Å². The first kappa shape index (κ1) is 20.4. The fourth-order valence-corrected chi connectivity index (χ4v) is 6.89. The molecule has 0 aromatic carbocycles.